The van der Waals surface area contributed by atoms with E-state index in [0.717, 1.165) is 42.3 Å². The van der Waals surface area contributed by atoms with Gasteiger partial charge in [0.15, 0.2) is 0 Å². The van der Waals surface area contributed by atoms with Gasteiger partial charge in [0, 0.05) is 22.2 Å². The summed E-state index contributed by atoms with van der Waals surface area (Å²) in [7, 11) is 0. The minimum atomic E-state index is -0.230. The number of hydrogen-bond acceptors (Lipinski definition) is 4. The van der Waals surface area contributed by atoms with E-state index in [0.29, 0.717) is 21.9 Å². The maximum atomic E-state index is 12.9. The quantitative estimate of drug-likeness (QED) is 0.707. The Morgan fingerprint density at radius 2 is 1.96 bits per heavy atom. The Hall–Kier alpha value is -2.40. The highest BCUT2D eigenvalue weighted by Crippen LogP contribution is 2.27. The molecule has 1 aromatic carbocycles. The second-order valence-corrected chi connectivity index (χ2v) is 6.19. The van der Waals surface area contributed by atoms with E-state index in [1.807, 2.05) is 13.8 Å². The van der Waals surface area contributed by atoms with Crippen LogP contribution in [0, 0.1) is 0 Å². The molecule has 1 aliphatic rings. The first-order valence-corrected chi connectivity index (χ1v) is 8.98. The van der Waals surface area contributed by atoms with Gasteiger partial charge >= 0.3 is 0 Å². The van der Waals surface area contributed by atoms with Gasteiger partial charge in [-0.25, -0.2) is 0 Å². The summed E-state index contributed by atoms with van der Waals surface area (Å²) < 4.78 is 1.33. The third-order valence-corrected chi connectivity index (χ3v) is 4.56. The smallest absolute Gasteiger partial charge is 0.280 e. The fraction of sp³-hybridized carbons (Fsp3) is 0.316. The lowest BCUT2D eigenvalue weighted by molar-refractivity contribution is 0.0949. The number of rotatable bonds is 1. The van der Waals surface area contributed by atoms with E-state index in [4.69, 9.17) is 17.3 Å². The Kier molecular flexibility index (Phi) is 5.04. The number of nitrogens with two attached hydrogens (primary N) is 1. The number of fused-ring (bicyclic) bond motifs is 2. The molecule has 0 bridgehead atoms. The zero-order chi connectivity index (χ0) is 18.0. The third-order valence-electron chi connectivity index (χ3n) is 4.32. The molecule has 0 unspecified atom stereocenters. The van der Waals surface area contributed by atoms with Crippen molar-refractivity contribution in [2.24, 2.45) is 0 Å². The zero-order valence-electron chi connectivity index (χ0n) is 14.4. The molecule has 3 aromatic rings. The zero-order valence-corrected chi connectivity index (χ0v) is 15.2. The molecule has 5 nitrogen and oxygen atoms in total. The van der Waals surface area contributed by atoms with Crippen molar-refractivity contribution in [3.05, 3.63) is 52.3 Å². The minimum absolute atomic E-state index is 0.230. The van der Waals surface area contributed by atoms with Gasteiger partial charge in [-0.3, -0.25) is 9.78 Å². The van der Waals surface area contributed by atoms with E-state index >= 15 is 0 Å². The Bertz CT molecular complexity index is 933. The van der Waals surface area contributed by atoms with Crippen LogP contribution in [0.2, 0.25) is 5.02 Å². The van der Waals surface area contributed by atoms with E-state index in [9.17, 15) is 4.79 Å². The molecule has 25 heavy (non-hydrogen) atoms. The summed E-state index contributed by atoms with van der Waals surface area (Å²) in [5, 5.41) is 5.78. The van der Waals surface area contributed by atoms with Gasteiger partial charge < -0.3 is 5.73 Å². The highest BCUT2D eigenvalue weighted by Gasteiger charge is 2.23. The molecule has 2 heterocycles. The highest BCUT2D eigenvalue weighted by molar-refractivity contribution is 6.31. The van der Waals surface area contributed by atoms with E-state index in [2.05, 4.69) is 10.1 Å². The lowest BCUT2D eigenvalue weighted by Gasteiger charge is -2.08. The van der Waals surface area contributed by atoms with Crippen LogP contribution in [0.5, 0.6) is 0 Å². The molecule has 0 amide bonds. The molecule has 130 valence electrons. The molecular weight excluding hydrogens is 336 g/mol. The first kappa shape index (κ1) is 17.4. The molecule has 0 aliphatic heterocycles. The standard InChI is InChI=1S/C17H15ClN4O.C2H6/c18-10-5-6-11-12(7-8-20-15(11)9-10)17(23)22-16(19)13-3-1-2-4-14(13)21-22;1-2/h5-9H,1-4,19H2;1-2H3. The SMILES string of the molecule is CC.Nc1c2c(nn1C(=O)c1ccnc3cc(Cl)ccc13)CCCC2. The van der Waals surface area contributed by atoms with Crippen molar-refractivity contribution in [3.63, 3.8) is 0 Å². The average molecular weight is 357 g/mol. The van der Waals surface area contributed by atoms with Crippen molar-refractivity contribution in [2.45, 2.75) is 39.5 Å². The maximum absolute atomic E-state index is 12.9. The van der Waals surface area contributed by atoms with Crippen LogP contribution in [0.25, 0.3) is 10.9 Å². The van der Waals surface area contributed by atoms with Gasteiger partial charge in [-0.15, -0.1) is 0 Å². The highest BCUT2D eigenvalue weighted by atomic mass is 35.5. The van der Waals surface area contributed by atoms with Gasteiger partial charge in [0.2, 0.25) is 0 Å². The second kappa shape index (κ2) is 7.23. The largest absolute Gasteiger partial charge is 0.383 e. The van der Waals surface area contributed by atoms with Crippen molar-refractivity contribution >= 4 is 34.2 Å². The van der Waals surface area contributed by atoms with E-state index in [1.165, 1.54) is 4.68 Å². The van der Waals surface area contributed by atoms with Crippen molar-refractivity contribution in [1.29, 1.82) is 0 Å². The number of nitrogens with zero attached hydrogens (tertiary/aromatic N) is 3. The number of nitrogen functional groups attached to an aromatic ring is 1. The van der Waals surface area contributed by atoms with Crippen molar-refractivity contribution < 1.29 is 4.79 Å². The number of aromatic nitrogens is 3. The number of pyridine rings is 1. The lowest BCUT2D eigenvalue weighted by atomic mass is 9.98. The molecule has 1 aliphatic carbocycles. The summed E-state index contributed by atoms with van der Waals surface area (Å²) >= 11 is 6.00. The van der Waals surface area contributed by atoms with E-state index < -0.39 is 0 Å². The number of carbonyl (C=O) groups is 1. The molecule has 0 spiro atoms. The summed E-state index contributed by atoms with van der Waals surface area (Å²) in [4.78, 5) is 17.2. The van der Waals surface area contributed by atoms with Crippen molar-refractivity contribution in [3.8, 4) is 0 Å². The number of halogens is 1. The van der Waals surface area contributed by atoms with Crippen molar-refractivity contribution in [2.75, 3.05) is 5.73 Å². The van der Waals surface area contributed by atoms with Gasteiger partial charge in [0.05, 0.1) is 16.8 Å². The summed E-state index contributed by atoms with van der Waals surface area (Å²) in [5.41, 5.74) is 9.35. The summed E-state index contributed by atoms with van der Waals surface area (Å²) in [5.74, 6) is 0.232. The van der Waals surface area contributed by atoms with Crippen LogP contribution in [0.3, 0.4) is 0 Å². The Morgan fingerprint density at radius 1 is 1.20 bits per heavy atom. The molecule has 2 N–H and O–H groups in total. The van der Waals surface area contributed by atoms with Gasteiger partial charge in [-0.2, -0.15) is 9.78 Å². The van der Waals surface area contributed by atoms with Crippen LogP contribution in [0.15, 0.2) is 30.5 Å². The summed E-state index contributed by atoms with van der Waals surface area (Å²) in [6.45, 7) is 4.00. The summed E-state index contributed by atoms with van der Waals surface area (Å²) in [6.07, 6.45) is 5.56. The first-order valence-electron chi connectivity index (χ1n) is 8.60. The fourth-order valence-electron chi connectivity index (χ4n) is 3.15. The Morgan fingerprint density at radius 3 is 2.72 bits per heavy atom. The lowest BCUT2D eigenvalue weighted by Crippen LogP contribution is -2.17. The van der Waals surface area contributed by atoms with Crippen LogP contribution in [0.4, 0.5) is 5.82 Å². The monoisotopic (exact) mass is 356 g/mol. The van der Waals surface area contributed by atoms with Crippen molar-refractivity contribution in [1.82, 2.24) is 14.8 Å². The molecular formula is C19H21ClN4O. The van der Waals surface area contributed by atoms with Gasteiger partial charge in [-0.1, -0.05) is 31.5 Å². The van der Waals surface area contributed by atoms with Crippen LogP contribution in [0.1, 0.15) is 48.3 Å². The number of benzene rings is 1. The van der Waals surface area contributed by atoms with Gasteiger partial charge in [-0.05, 0) is 43.9 Å². The molecule has 0 fully saturated rings. The number of anilines is 1. The Labute approximate surface area is 151 Å². The van der Waals surface area contributed by atoms with Crippen LogP contribution >= 0.6 is 11.6 Å². The predicted octanol–water partition coefficient (Wildman–Crippen LogP) is 4.26. The number of carbonyl (C=O) groups excluding carboxylic acids is 1. The van der Waals surface area contributed by atoms with Crippen LogP contribution in [-0.2, 0) is 12.8 Å². The van der Waals surface area contributed by atoms with E-state index in [-0.39, 0.29) is 5.91 Å². The molecule has 2 aromatic heterocycles. The van der Waals surface area contributed by atoms with E-state index in [1.54, 1.807) is 30.5 Å². The number of aryl methyl sites for hydroxylation is 1. The second-order valence-electron chi connectivity index (χ2n) is 5.75. The molecule has 0 saturated carbocycles. The molecule has 0 radical (unpaired) electrons. The maximum Gasteiger partial charge on any atom is 0.280 e. The van der Waals surface area contributed by atoms with Gasteiger partial charge in [0.25, 0.3) is 5.91 Å². The van der Waals surface area contributed by atoms with Crippen LogP contribution < -0.4 is 5.73 Å². The first-order chi connectivity index (χ1) is 12.1. The van der Waals surface area contributed by atoms with Crippen LogP contribution in [-0.4, -0.2) is 20.7 Å². The normalized spacial score (nSPS) is 13.1. The molecule has 6 heteroatoms. The average Bonchev–Trinajstić information content (AvgIpc) is 2.99. The predicted molar refractivity (Wildman–Crippen MR) is 101 cm³/mol. The Balaban J connectivity index is 0.000000880. The molecule has 0 saturated heterocycles. The molecule has 0 atom stereocenters. The molecule has 4 rings (SSSR count). The van der Waals surface area contributed by atoms with Gasteiger partial charge in [0.1, 0.15) is 5.82 Å². The third kappa shape index (κ3) is 3.12. The minimum Gasteiger partial charge on any atom is -0.383 e. The fourth-order valence-corrected chi connectivity index (χ4v) is 3.32. The topological polar surface area (TPSA) is 73.8 Å². The summed E-state index contributed by atoms with van der Waals surface area (Å²) in [6, 6.07) is 6.99. The number of hydrogen-bond donors (Lipinski definition) is 1.